The Bertz CT molecular complexity index is 855. The van der Waals surface area contributed by atoms with Crippen LogP contribution in [0.15, 0.2) is 35.0 Å². The van der Waals surface area contributed by atoms with Crippen LogP contribution in [0.4, 0.5) is 5.82 Å². The van der Waals surface area contributed by atoms with Crippen molar-refractivity contribution >= 4 is 46.6 Å². The molecule has 0 aliphatic carbocycles. The molecule has 0 aromatic carbocycles. The second-order valence-corrected chi connectivity index (χ2v) is 6.55. The first-order valence-corrected chi connectivity index (χ1v) is 8.38. The molecule has 8 heteroatoms. The number of anilines is 1. The first kappa shape index (κ1) is 16.0. The third-order valence-electron chi connectivity index (χ3n) is 3.26. The Labute approximate surface area is 147 Å². The molecule has 3 heterocycles. The topological polar surface area (TPSA) is 55.1 Å². The fourth-order valence-electron chi connectivity index (χ4n) is 2.20. The van der Waals surface area contributed by atoms with Crippen molar-refractivity contribution in [1.29, 1.82) is 0 Å². The van der Waals surface area contributed by atoms with Gasteiger partial charge in [-0.1, -0.05) is 23.2 Å². The van der Waals surface area contributed by atoms with Gasteiger partial charge in [0, 0.05) is 34.7 Å². The summed E-state index contributed by atoms with van der Waals surface area (Å²) in [6.07, 6.45) is 5.04. The number of nitrogens with one attached hydrogen (secondary N) is 1. The summed E-state index contributed by atoms with van der Waals surface area (Å²) in [5.41, 5.74) is 5.99. The van der Waals surface area contributed by atoms with Crippen LogP contribution in [0.25, 0.3) is 5.13 Å². The third-order valence-corrected chi connectivity index (χ3v) is 4.51. The molecule has 0 bridgehead atoms. The molecule has 0 fully saturated rings. The first-order chi connectivity index (χ1) is 11.1. The summed E-state index contributed by atoms with van der Waals surface area (Å²) in [5, 5.41) is 8.00. The molecule has 0 atom stereocenters. The Morgan fingerprint density at radius 1 is 1.26 bits per heavy atom. The van der Waals surface area contributed by atoms with Crippen LogP contribution in [0.3, 0.4) is 0 Å². The van der Waals surface area contributed by atoms with Gasteiger partial charge in [0.15, 0.2) is 10.9 Å². The molecule has 0 unspecified atom stereocenters. The standard InChI is InChI=1S/C15H13Cl2N5S/c1-9-5-11(10(2)22(9)15-18-3-4-23-15)7-20-21-14-13(17)6-12(16)8-19-14/h3-8H,1-2H3,(H,19,21)/b20-7-. The number of hydrogen-bond acceptors (Lipinski definition) is 5. The van der Waals surface area contributed by atoms with Gasteiger partial charge < -0.3 is 0 Å². The van der Waals surface area contributed by atoms with Crippen LogP contribution < -0.4 is 5.43 Å². The van der Waals surface area contributed by atoms with Crippen LogP contribution in [-0.2, 0) is 0 Å². The molecule has 0 saturated carbocycles. The lowest BCUT2D eigenvalue weighted by molar-refractivity contribution is 0.949. The molecule has 3 aromatic heterocycles. The van der Waals surface area contributed by atoms with E-state index in [1.165, 1.54) is 6.20 Å². The summed E-state index contributed by atoms with van der Waals surface area (Å²) in [6.45, 7) is 4.07. The maximum Gasteiger partial charge on any atom is 0.193 e. The number of thiazole rings is 1. The zero-order chi connectivity index (χ0) is 16.4. The molecule has 23 heavy (non-hydrogen) atoms. The van der Waals surface area contributed by atoms with Gasteiger partial charge in [0.2, 0.25) is 0 Å². The molecule has 118 valence electrons. The van der Waals surface area contributed by atoms with Crippen LogP contribution in [0.1, 0.15) is 17.0 Å². The summed E-state index contributed by atoms with van der Waals surface area (Å²) in [5.74, 6) is 0.459. The van der Waals surface area contributed by atoms with Gasteiger partial charge in [0.1, 0.15) is 0 Å². The predicted octanol–water partition coefficient (Wildman–Crippen LogP) is 4.70. The van der Waals surface area contributed by atoms with Crippen LogP contribution in [-0.4, -0.2) is 20.7 Å². The van der Waals surface area contributed by atoms with E-state index >= 15 is 0 Å². The van der Waals surface area contributed by atoms with Gasteiger partial charge in [-0.15, -0.1) is 11.3 Å². The molecule has 3 rings (SSSR count). The number of pyridine rings is 1. The number of nitrogens with zero attached hydrogens (tertiary/aromatic N) is 4. The molecule has 0 saturated heterocycles. The van der Waals surface area contributed by atoms with Gasteiger partial charge in [0.05, 0.1) is 16.3 Å². The van der Waals surface area contributed by atoms with Gasteiger partial charge in [-0.05, 0) is 26.0 Å². The van der Waals surface area contributed by atoms with Crippen molar-refractivity contribution in [2.75, 3.05) is 5.43 Å². The van der Waals surface area contributed by atoms with Crippen molar-refractivity contribution in [2.45, 2.75) is 13.8 Å². The highest BCUT2D eigenvalue weighted by Crippen LogP contribution is 2.23. The maximum absolute atomic E-state index is 6.05. The summed E-state index contributed by atoms with van der Waals surface area (Å²) in [4.78, 5) is 8.44. The number of hydrazone groups is 1. The van der Waals surface area contributed by atoms with Gasteiger partial charge in [0.25, 0.3) is 0 Å². The summed E-state index contributed by atoms with van der Waals surface area (Å²) >= 11 is 13.5. The van der Waals surface area contributed by atoms with Crippen molar-refractivity contribution < 1.29 is 0 Å². The fraction of sp³-hybridized carbons (Fsp3) is 0.133. The Kier molecular flexibility index (Phi) is 4.66. The van der Waals surface area contributed by atoms with Crippen molar-refractivity contribution in [2.24, 2.45) is 5.10 Å². The average Bonchev–Trinajstić information content (AvgIpc) is 3.10. The van der Waals surface area contributed by atoms with Crippen LogP contribution >= 0.6 is 34.5 Å². The smallest absolute Gasteiger partial charge is 0.193 e. The Balaban J connectivity index is 1.82. The van der Waals surface area contributed by atoms with E-state index in [0.717, 1.165) is 22.1 Å². The summed E-state index contributed by atoms with van der Waals surface area (Å²) < 4.78 is 2.10. The Morgan fingerprint density at radius 3 is 2.78 bits per heavy atom. The van der Waals surface area contributed by atoms with Crippen LogP contribution in [0, 0.1) is 13.8 Å². The quantitative estimate of drug-likeness (QED) is 0.538. The normalized spacial score (nSPS) is 11.3. The highest BCUT2D eigenvalue weighted by Gasteiger charge is 2.11. The van der Waals surface area contributed by atoms with E-state index in [4.69, 9.17) is 23.2 Å². The molecule has 5 nitrogen and oxygen atoms in total. The molecule has 3 aromatic rings. The summed E-state index contributed by atoms with van der Waals surface area (Å²) in [6, 6.07) is 3.67. The van der Waals surface area contributed by atoms with E-state index in [1.807, 2.05) is 19.2 Å². The minimum absolute atomic E-state index is 0.419. The number of halogens is 2. The average molecular weight is 366 g/mol. The van der Waals surface area contributed by atoms with E-state index in [-0.39, 0.29) is 0 Å². The van der Waals surface area contributed by atoms with E-state index in [2.05, 4.69) is 31.1 Å². The minimum Gasteiger partial charge on any atom is -0.294 e. The zero-order valence-corrected chi connectivity index (χ0v) is 14.7. The number of rotatable bonds is 4. The van der Waals surface area contributed by atoms with Crippen molar-refractivity contribution in [3.05, 3.63) is 56.9 Å². The lowest BCUT2D eigenvalue weighted by Crippen LogP contribution is -1.99. The second-order valence-electron chi connectivity index (χ2n) is 4.83. The number of aromatic nitrogens is 3. The molecule has 0 aliphatic rings. The van der Waals surface area contributed by atoms with Gasteiger partial charge in [-0.2, -0.15) is 5.10 Å². The zero-order valence-electron chi connectivity index (χ0n) is 12.4. The van der Waals surface area contributed by atoms with Gasteiger partial charge in [-0.25, -0.2) is 9.97 Å². The molecule has 0 spiro atoms. The second kappa shape index (κ2) is 6.70. The van der Waals surface area contributed by atoms with E-state index in [0.29, 0.717) is 15.9 Å². The minimum atomic E-state index is 0.419. The van der Waals surface area contributed by atoms with Crippen molar-refractivity contribution in [3.8, 4) is 5.13 Å². The van der Waals surface area contributed by atoms with Crippen molar-refractivity contribution in [1.82, 2.24) is 14.5 Å². The fourth-order valence-corrected chi connectivity index (χ4v) is 3.37. The third kappa shape index (κ3) is 3.39. The van der Waals surface area contributed by atoms with Crippen LogP contribution in [0.5, 0.6) is 0 Å². The van der Waals surface area contributed by atoms with Crippen LogP contribution in [0.2, 0.25) is 10.0 Å². The Hall–Kier alpha value is -1.89. The molecule has 0 radical (unpaired) electrons. The number of aryl methyl sites for hydroxylation is 1. The summed E-state index contributed by atoms with van der Waals surface area (Å²) in [7, 11) is 0. The molecule has 1 N–H and O–H groups in total. The molecule has 0 aliphatic heterocycles. The van der Waals surface area contributed by atoms with E-state index in [9.17, 15) is 0 Å². The van der Waals surface area contributed by atoms with Gasteiger partial charge in [-0.3, -0.25) is 9.99 Å². The SMILES string of the molecule is Cc1cc(/C=N\Nc2ncc(Cl)cc2Cl)c(C)n1-c1nccs1. The maximum atomic E-state index is 6.05. The van der Waals surface area contributed by atoms with Crippen molar-refractivity contribution in [3.63, 3.8) is 0 Å². The van der Waals surface area contributed by atoms with Gasteiger partial charge >= 0.3 is 0 Å². The highest BCUT2D eigenvalue weighted by atomic mass is 35.5. The monoisotopic (exact) mass is 365 g/mol. The predicted molar refractivity (Wildman–Crippen MR) is 96.4 cm³/mol. The lowest BCUT2D eigenvalue weighted by atomic mass is 10.3. The molecular weight excluding hydrogens is 353 g/mol. The molecular formula is C15H13Cl2N5S. The first-order valence-electron chi connectivity index (χ1n) is 6.75. The lowest BCUT2D eigenvalue weighted by Gasteiger charge is -2.04. The molecule has 0 amide bonds. The van der Waals surface area contributed by atoms with E-state index in [1.54, 1.807) is 29.8 Å². The van der Waals surface area contributed by atoms with E-state index < -0.39 is 0 Å². The highest BCUT2D eigenvalue weighted by molar-refractivity contribution is 7.12. The Morgan fingerprint density at radius 2 is 2.09 bits per heavy atom. The number of hydrogen-bond donors (Lipinski definition) is 1. The largest absolute Gasteiger partial charge is 0.294 e.